The third-order valence-electron chi connectivity index (χ3n) is 2.44. The van der Waals surface area contributed by atoms with E-state index in [1.165, 1.54) is 18.8 Å². The molecule has 0 amide bonds. The zero-order valence-electron chi connectivity index (χ0n) is 9.04. The Morgan fingerprint density at radius 1 is 1.47 bits per heavy atom. The largest absolute Gasteiger partial charge is 0.466 e. The highest BCUT2D eigenvalue weighted by atomic mass is 32.2. The van der Waals surface area contributed by atoms with Gasteiger partial charge in [-0.05, 0) is 18.4 Å². The van der Waals surface area contributed by atoms with E-state index in [1.807, 2.05) is 18.2 Å². The van der Waals surface area contributed by atoms with Crippen LogP contribution >= 0.6 is 0 Å². The fraction of sp³-hybridized carbons (Fsp3) is 0.273. The lowest BCUT2D eigenvalue weighted by molar-refractivity contribution is 0.238. The second kappa shape index (κ2) is 5.81. The molecular formula is C11H13NO4S. The molecule has 0 fully saturated rings. The minimum atomic E-state index is -2.11. The molecule has 1 aliphatic carbocycles. The number of allylic oxidation sites excluding steroid dienone is 3. The van der Waals surface area contributed by atoms with Gasteiger partial charge < -0.3 is 9.47 Å². The van der Waals surface area contributed by atoms with E-state index in [0.29, 0.717) is 5.76 Å². The van der Waals surface area contributed by atoms with Gasteiger partial charge in [0.2, 0.25) is 11.3 Å². The lowest BCUT2D eigenvalue weighted by atomic mass is 9.97. The van der Waals surface area contributed by atoms with Gasteiger partial charge in [-0.1, -0.05) is 18.2 Å². The van der Waals surface area contributed by atoms with Gasteiger partial charge in [-0.2, -0.15) is 4.72 Å². The summed E-state index contributed by atoms with van der Waals surface area (Å²) in [6.07, 6.45) is 11.8. The van der Waals surface area contributed by atoms with Crippen molar-refractivity contribution in [2.45, 2.75) is 18.9 Å². The first-order valence-corrected chi connectivity index (χ1v) is 6.28. The number of ether oxygens (including phenoxy) is 2. The van der Waals surface area contributed by atoms with Crippen molar-refractivity contribution in [2.24, 2.45) is 0 Å². The second-order valence-corrected chi connectivity index (χ2v) is 4.29. The molecule has 2 N–H and O–H groups in total. The van der Waals surface area contributed by atoms with Crippen molar-refractivity contribution in [3.63, 3.8) is 0 Å². The fourth-order valence-corrected chi connectivity index (χ4v) is 2.16. The Kier molecular flexibility index (Phi) is 4.13. The first-order chi connectivity index (χ1) is 8.27. The van der Waals surface area contributed by atoms with Crippen LogP contribution in [0.5, 0.6) is 0 Å². The average Bonchev–Trinajstić information content (AvgIpc) is 2.38. The van der Waals surface area contributed by atoms with E-state index >= 15 is 0 Å². The van der Waals surface area contributed by atoms with Crippen LogP contribution in [-0.4, -0.2) is 14.8 Å². The summed E-state index contributed by atoms with van der Waals surface area (Å²) in [5.41, 5.74) is 0.986. The van der Waals surface area contributed by atoms with E-state index in [4.69, 9.17) is 14.0 Å². The highest BCUT2D eigenvalue weighted by Gasteiger charge is 2.23. The van der Waals surface area contributed by atoms with Crippen LogP contribution in [0.1, 0.15) is 12.8 Å². The maximum Gasteiger partial charge on any atom is 0.232 e. The Balaban J connectivity index is 2.18. The van der Waals surface area contributed by atoms with E-state index in [0.717, 1.165) is 18.4 Å². The summed E-state index contributed by atoms with van der Waals surface area (Å²) in [4.78, 5) is 0. The van der Waals surface area contributed by atoms with Gasteiger partial charge >= 0.3 is 0 Å². The van der Waals surface area contributed by atoms with Crippen LogP contribution in [0.4, 0.5) is 0 Å². The van der Waals surface area contributed by atoms with Crippen LogP contribution in [-0.2, 0) is 20.7 Å². The molecule has 6 heteroatoms. The summed E-state index contributed by atoms with van der Waals surface area (Å²) in [6, 6.07) is -0.448. The van der Waals surface area contributed by atoms with Crippen molar-refractivity contribution < 1.29 is 18.2 Å². The zero-order chi connectivity index (χ0) is 12.1. The van der Waals surface area contributed by atoms with Crippen LogP contribution in [0.25, 0.3) is 0 Å². The second-order valence-electron chi connectivity index (χ2n) is 3.55. The van der Waals surface area contributed by atoms with Crippen LogP contribution in [0.2, 0.25) is 0 Å². The summed E-state index contributed by atoms with van der Waals surface area (Å²) in [6.45, 7) is 0. The van der Waals surface area contributed by atoms with Gasteiger partial charge in [0, 0.05) is 0 Å². The van der Waals surface area contributed by atoms with Crippen LogP contribution in [0.3, 0.4) is 0 Å². The van der Waals surface area contributed by atoms with E-state index < -0.39 is 17.3 Å². The predicted molar refractivity (Wildman–Crippen MR) is 63.5 cm³/mol. The van der Waals surface area contributed by atoms with E-state index in [1.54, 1.807) is 0 Å². The third kappa shape index (κ3) is 3.29. The molecule has 0 saturated heterocycles. The number of hydrogen-bond donors (Lipinski definition) is 2. The molecule has 0 aromatic carbocycles. The Morgan fingerprint density at radius 3 is 2.94 bits per heavy atom. The van der Waals surface area contributed by atoms with Gasteiger partial charge in [-0.25, -0.2) is 4.21 Å². The minimum absolute atomic E-state index is 0.448. The van der Waals surface area contributed by atoms with E-state index in [9.17, 15) is 4.21 Å². The lowest BCUT2D eigenvalue weighted by Gasteiger charge is -2.23. The summed E-state index contributed by atoms with van der Waals surface area (Å²) in [5, 5.41) is 0. The molecule has 0 bridgehead atoms. The Labute approximate surface area is 102 Å². The summed E-state index contributed by atoms with van der Waals surface area (Å²) in [7, 11) is 0. The van der Waals surface area contributed by atoms with Crippen molar-refractivity contribution in [2.75, 3.05) is 0 Å². The molecule has 5 nitrogen and oxygen atoms in total. The van der Waals surface area contributed by atoms with Gasteiger partial charge in [-0.15, -0.1) is 0 Å². The maximum atomic E-state index is 10.9. The standard InChI is InChI=1S/C11H13NO4S/c13-17(14)12-11(9-4-2-1-3-5-9)10-8-15-6-7-16-10/h1-2,4,6-8,11-12H,3,5H2,(H,13,14). The SMILES string of the molecule is O=S(O)NC(C1=CC=CCC1)C1=COC=CO1. The number of rotatable bonds is 4. The molecule has 92 valence electrons. The first-order valence-electron chi connectivity index (χ1n) is 5.17. The summed E-state index contributed by atoms with van der Waals surface area (Å²) in [5.74, 6) is 0.469. The van der Waals surface area contributed by atoms with E-state index in [-0.39, 0.29) is 0 Å². The van der Waals surface area contributed by atoms with Crippen molar-refractivity contribution in [3.05, 3.63) is 48.3 Å². The van der Waals surface area contributed by atoms with Crippen LogP contribution < -0.4 is 4.72 Å². The van der Waals surface area contributed by atoms with Crippen molar-refractivity contribution in [1.29, 1.82) is 0 Å². The monoisotopic (exact) mass is 255 g/mol. The molecule has 2 unspecified atom stereocenters. The minimum Gasteiger partial charge on any atom is -0.466 e. The number of nitrogens with one attached hydrogen (secondary N) is 1. The normalized spacial score (nSPS) is 21.9. The smallest absolute Gasteiger partial charge is 0.232 e. The average molecular weight is 255 g/mol. The van der Waals surface area contributed by atoms with Crippen LogP contribution in [0.15, 0.2) is 48.3 Å². The molecule has 2 aliphatic rings. The summed E-state index contributed by atoms with van der Waals surface area (Å²) >= 11 is -2.11. The molecule has 2 rings (SSSR count). The van der Waals surface area contributed by atoms with Gasteiger partial charge in [0.1, 0.15) is 24.8 Å². The molecule has 17 heavy (non-hydrogen) atoms. The van der Waals surface area contributed by atoms with Crippen molar-refractivity contribution in [3.8, 4) is 0 Å². The van der Waals surface area contributed by atoms with Crippen LogP contribution in [0, 0.1) is 0 Å². The molecule has 0 spiro atoms. The zero-order valence-corrected chi connectivity index (χ0v) is 9.85. The van der Waals surface area contributed by atoms with Gasteiger partial charge in [-0.3, -0.25) is 4.55 Å². The Bertz CT molecular complexity index is 425. The molecule has 0 aromatic rings. The van der Waals surface area contributed by atoms with Gasteiger partial charge in [0.25, 0.3) is 0 Å². The predicted octanol–water partition coefficient (Wildman–Crippen LogP) is 1.72. The molecule has 1 aliphatic heterocycles. The van der Waals surface area contributed by atoms with Gasteiger partial charge in [0.15, 0.2) is 5.76 Å². The molecule has 1 heterocycles. The Hall–Kier alpha value is -1.37. The molecule has 2 atom stereocenters. The lowest BCUT2D eigenvalue weighted by Crippen LogP contribution is -2.35. The van der Waals surface area contributed by atoms with Crippen molar-refractivity contribution in [1.82, 2.24) is 4.72 Å². The maximum absolute atomic E-state index is 10.9. The highest BCUT2D eigenvalue weighted by Crippen LogP contribution is 2.23. The molecule has 0 saturated carbocycles. The molecular weight excluding hydrogens is 242 g/mol. The fourth-order valence-electron chi connectivity index (χ4n) is 1.69. The highest BCUT2D eigenvalue weighted by molar-refractivity contribution is 7.77. The topological polar surface area (TPSA) is 67.8 Å². The molecule has 0 radical (unpaired) electrons. The summed E-state index contributed by atoms with van der Waals surface area (Å²) < 4.78 is 32.7. The third-order valence-corrected chi connectivity index (χ3v) is 2.88. The molecule has 0 aromatic heterocycles. The first kappa shape index (κ1) is 12.1. The van der Waals surface area contributed by atoms with Gasteiger partial charge in [0.05, 0.1) is 0 Å². The quantitative estimate of drug-likeness (QED) is 0.750. The van der Waals surface area contributed by atoms with Crippen molar-refractivity contribution >= 4 is 11.3 Å². The Morgan fingerprint density at radius 2 is 2.35 bits per heavy atom. The van der Waals surface area contributed by atoms with E-state index in [2.05, 4.69) is 4.72 Å². The number of hydrogen-bond acceptors (Lipinski definition) is 3.